The van der Waals surface area contributed by atoms with E-state index in [4.69, 9.17) is 5.26 Å². The minimum atomic E-state index is 0.0282. The zero-order chi connectivity index (χ0) is 17.6. The van der Waals surface area contributed by atoms with Crippen LogP contribution in [0.4, 0.5) is 5.82 Å². The van der Waals surface area contributed by atoms with Crippen molar-refractivity contribution in [1.82, 2.24) is 9.78 Å². The van der Waals surface area contributed by atoms with E-state index in [-0.39, 0.29) is 6.61 Å². The first-order valence-electron chi connectivity index (χ1n) is 8.19. The minimum Gasteiger partial charge on any atom is -0.394 e. The van der Waals surface area contributed by atoms with Gasteiger partial charge in [0, 0.05) is 18.2 Å². The van der Waals surface area contributed by atoms with E-state index in [9.17, 15) is 5.11 Å². The molecule has 5 heteroatoms. The van der Waals surface area contributed by atoms with Crippen molar-refractivity contribution in [3.63, 3.8) is 0 Å². The molecule has 126 valence electrons. The zero-order valence-electron chi connectivity index (χ0n) is 14.1. The molecule has 3 rings (SSSR count). The van der Waals surface area contributed by atoms with Gasteiger partial charge >= 0.3 is 0 Å². The van der Waals surface area contributed by atoms with Crippen molar-refractivity contribution < 1.29 is 5.11 Å². The van der Waals surface area contributed by atoms with Crippen molar-refractivity contribution >= 4 is 5.82 Å². The van der Waals surface area contributed by atoms with Crippen LogP contribution >= 0.6 is 0 Å². The number of nitriles is 1. The second-order valence-corrected chi connectivity index (χ2v) is 5.84. The molecule has 0 radical (unpaired) electrons. The van der Waals surface area contributed by atoms with Crippen molar-refractivity contribution in [2.45, 2.75) is 20.0 Å². The van der Waals surface area contributed by atoms with E-state index in [1.165, 1.54) is 0 Å². The zero-order valence-corrected chi connectivity index (χ0v) is 14.1. The molecule has 0 unspecified atom stereocenters. The number of anilines is 1. The Morgan fingerprint density at radius 3 is 2.60 bits per heavy atom. The van der Waals surface area contributed by atoms with E-state index in [0.29, 0.717) is 18.7 Å². The Kier molecular flexibility index (Phi) is 5.12. The Labute approximate surface area is 147 Å². The Bertz CT molecular complexity index is 891. The number of benzene rings is 2. The average molecular weight is 332 g/mol. The van der Waals surface area contributed by atoms with Crippen LogP contribution in [0.15, 0.2) is 54.6 Å². The minimum absolute atomic E-state index is 0.0282. The van der Waals surface area contributed by atoms with Crippen LogP contribution in [0.25, 0.3) is 11.3 Å². The highest BCUT2D eigenvalue weighted by molar-refractivity contribution is 5.66. The fraction of sp³-hybridized carbons (Fsp3) is 0.200. The van der Waals surface area contributed by atoms with Crippen LogP contribution in [0, 0.1) is 18.3 Å². The molecule has 0 aliphatic rings. The molecule has 25 heavy (non-hydrogen) atoms. The number of hydrogen-bond acceptors (Lipinski definition) is 4. The number of aliphatic hydroxyl groups excluding tert-OH is 1. The summed E-state index contributed by atoms with van der Waals surface area (Å²) in [5.41, 5.74) is 4.85. The molecule has 0 atom stereocenters. The predicted molar refractivity (Wildman–Crippen MR) is 98.0 cm³/mol. The normalized spacial score (nSPS) is 10.4. The summed E-state index contributed by atoms with van der Waals surface area (Å²) in [6, 6.07) is 19.7. The maximum atomic E-state index is 9.30. The van der Waals surface area contributed by atoms with E-state index in [0.717, 1.165) is 28.2 Å². The van der Waals surface area contributed by atoms with Gasteiger partial charge in [-0.1, -0.05) is 36.4 Å². The van der Waals surface area contributed by atoms with Crippen molar-refractivity contribution in [3.05, 3.63) is 71.3 Å². The van der Waals surface area contributed by atoms with Gasteiger partial charge in [-0.05, 0) is 30.2 Å². The molecule has 3 aromatic rings. The van der Waals surface area contributed by atoms with E-state index < -0.39 is 0 Å². The fourth-order valence-electron chi connectivity index (χ4n) is 2.71. The highest BCUT2D eigenvalue weighted by Crippen LogP contribution is 2.25. The van der Waals surface area contributed by atoms with Gasteiger partial charge in [-0.25, -0.2) is 4.68 Å². The number of rotatable bonds is 6. The second kappa shape index (κ2) is 7.65. The number of aliphatic hydroxyl groups is 1. The number of aryl methyl sites for hydroxylation is 1. The van der Waals surface area contributed by atoms with E-state index in [2.05, 4.69) is 29.5 Å². The SMILES string of the molecule is Cc1ccccc1-c1cc(NCc2ccc(C#N)cc2)n(CCO)n1. The van der Waals surface area contributed by atoms with Crippen molar-refractivity contribution in [2.75, 3.05) is 11.9 Å². The highest BCUT2D eigenvalue weighted by atomic mass is 16.3. The smallest absolute Gasteiger partial charge is 0.125 e. The maximum Gasteiger partial charge on any atom is 0.125 e. The van der Waals surface area contributed by atoms with Gasteiger partial charge < -0.3 is 10.4 Å². The van der Waals surface area contributed by atoms with E-state index in [1.54, 1.807) is 16.8 Å². The van der Waals surface area contributed by atoms with Crippen molar-refractivity contribution in [2.24, 2.45) is 0 Å². The van der Waals surface area contributed by atoms with Gasteiger partial charge in [0.25, 0.3) is 0 Å². The lowest BCUT2D eigenvalue weighted by Crippen LogP contribution is -2.10. The molecule has 1 aromatic heterocycles. The molecule has 0 spiro atoms. The monoisotopic (exact) mass is 332 g/mol. The van der Waals surface area contributed by atoms with Crippen molar-refractivity contribution in [1.29, 1.82) is 5.26 Å². The van der Waals surface area contributed by atoms with E-state index in [1.807, 2.05) is 36.4 Å². The largest absolute Gasteiger partial charge is 0.394 e. The molecule has 0 saturated heterocycles. The number of nitrogens with zero attached hydrogens (tertiary/aromatic N) is 3. The Hall–Kier alpha value is -3.10. The lowest BCUT2D eigenvalue weighted by atomic mass is 10.1. The maximum absolute atomic E-state index is 9.30. The van der Waals surface area contributed by atoms with Gasteiger partial charge in [0.2, 0.25) is 0 Å². The highest BCUT2D eigenvalue weighted by Gasteiger charge is 2.11. The molecule has 1 heterocycles. The van der Waals surface area contributed by atoms with Gasteiger partial charge in [-0.15, -0.1) is 0 Å². The van der Waals surface area contributed by atoms with Crippen LogP contribution in [0.2, 0.25) is 0 Å². The molecular weight excluding hydrogens is 312 g/mol. The first-order valence-corrected chi connectivity index (χ1v) is 8.19. The number of nitrogens with one attached hydrogen (secondary N) is 1. The number of aromatic nitrogens is 2. The molecule has 0 fully saturated rings. The van der Waals surface area contributed by atoms with E-state index >= 15 is 0 Å². The summed E-state index contributed by atoms with van der Waals surface area (Å²) in [5.74, 6) is 0.858. The fourth-order valence-corrected chi connectivity index (χ4v) is 2.71. The predicted octanol–water partition coefficient (Wildman–Crippen LogP) is 3.33. The average Bonchev–Trinajstić information content (AvgIpc) is 3.04. The summed E-state index contributed by atoms with van der Waals surface area (Å²) >= 11 is 0. The second-order valence-electron chi connectivity index (χ2n) is 5.84. The first kappa shape index (κ1) is 16.7. The summed E-state index contributed by atoms with van der Waals surface area (Å²) in [6.07, 6.45) is 0. The third kappa shape index (κ3) is 3.87. The molecule has 2 aromatic carbocycles. The summed E-state index contributed by atoms with van der Waals surface area (Å²) in [5, 5.41) is 26.2. The topological polar surface area (TPSA) is 73.9 Å². The molecule has 0 bridgehead atoms. The third-order valence-corrected chi connectivity index (χ3v) is 4.07. The van der Waals surface area contributed by atoms with Crippen LogP contribution < -0.4 is 5.32 Å². The summed E-state index contributed by atoms with van der Waals surface area (Å²) in [4.78, 5) is 0. The standard InChI is InChI=1S/C20H20N4O/c1-15-4-2-3-5-18(15)19-12-20(24(23-19)10-11-25)22-14-17-8-6-16(13-21)7-9-17/h2-9,12,22,25H,10-11,14H2,1H3. The molecule has 2 N–H and O–H groups in total. The Morgan fingerprint density at radius 2 is 1.92 bits per heavy atom. The summed E-state index contributed by atoms with van der Waals surface area (Å²) in [6.45, 7) is 3.14. The quantitative estimate of drug-likeness (QED) is 0.726. The van der Waals surface area contributed by atoms with Crippen LogP contribution in [0.1, 0.15) is 16.7 Å². The van der Waals surface area contributed by atoms with Gasteiger partial charge in [-0.3, -0.25) is 0 Å². The van der Waals surface area contributed by atoms with Crippen LogP contribution in [0.3, 0.4) is 0 Å². The molecule has 0 saturated carbocycles. The van der Waals surface area contributed by atoms with Gasteiger partial charge in [0.05, 0.1) is 30.5 Å². The van der Waals surface area contributed by atoms with Crippen LogP contribution in [-0.2, 0) is 13.1 Å². The van der Waals surface area contributed by atoms with Crippen LogP contribution in [0.5, 0.6) is 0 Å². The van der Waals surface area contributed by atoms with Gasteiger partial charge in [0.1, 0.15) is 5.82 Å². The number of hydrogen-bond donors (Lipinski definition) is 2. The molecule has 0 amide bonds. The summed E-state index contributed by atoms with van der Waals surface area (Å²) in [7, 11) is 0. The lowest BCUT2D eigenvalue weighted by molar-refractivity contribution is 0.270. The van der Waals surface area contributed by atoms with Gasteiger partial charge in [0.15, 0.2) is 0 Å². The Morgan fingerprint density at radius 1 is 1.16 bits per heavy atom. The van der Waals surface area contributed by atoms with Crippen molar-refractivity contribution in [3.8, 4) is 17.3 Å². The lowest BCUT2D eigenvalue weighted by Gasteiger charge is -2.08. The van der Waals surface area contributed by atoms with Gasteiger partial charge in [-0.2, -0.15) is 10.4 Å². The molecule has 0 aliphatic carbocycles. The molecule has 0 aliphatic heterocycles. The van der Waals surface area contributed by atoms with Crippen LogP contribution in [-0.4, -0.2) is 21.5 Å². The Balaban J connectivity index is 1.82. The molecular formula is C20H20N4O. The first-order chi connectivity index (χ1) is 12.2. The molecule has 5 nitrogen and oxygen atoms in total. The summed E-state index contributed by atoms with van der Waals surface area (Å²) < 4.78 is 1.78. The third-order valence-electron chi connectivity index (χ3n) is 4.07.